The van der Waals surface area contributed by atoms with Crippen LogP contribution >= 0.6 is 0 Å². The number of amides is 4. The Morgan fingerprint density at radius 2 is 1.63 bits per heavy atom. The average Bonchev–Trinajstić information content (AvgIpc) is 2.70. The molecule has 11 nitrogen and oxygen atoms in total. The van der Waals surface area contributed by atoms with E-state index in [1.54, 1.807) is 30.3 Å². The number of benzene rings is 1. The maximum absolute atomic E-state index is 12.5. The maximum Gasteiger partial charge on any atom is 0.322 e. The lowest BCUT2D eigenvalue weighted by molar-refractivity contribution is -0.138. The van der Waals surface area contributed by atoms with Gasteiger partial charge in [-0.15, -0.1) is 0 Å². The zero-order valence-electron chi connectivity index (χ0n) is 16.6. The smallest absolute Gasteiger partial charge is 0.322 e. The van der Waals surface area contributed by atoms with Crippen molar-refractivity contribution in [2.45, 2.75) is 44.3 Å². The van der Waals surface area contributed by atoms with Gasteiger partial charge in [-0.05, 0) is 18.9 Å². The molecule has 0 saturated heterocycles. The first-order chi connectivity index (χ1) is 14.1. The Labute approximate surface area is 173 Å². The van der Waals surface area contributed by atoms with Crippen LogP contribution in [0.2, 0.25) is 0 Å². The summed E-state index contributed by atoms with van der Waals surface area (Å²) in [7, 11) is 0. The molecule has 8 N–H and O–H groups in total. The van der Waals surface area contributed by atoms with E-state index in [1.165, 1.54) is 6.92 Å². The molecule has 0 spiro atoms. The number of carboxylic acids is 1. The highest BCUT2D eigenvalue weighted by Crippen LogP contribution is 2.04. The number of carbonyl (C=O) groups is 5. The van der Waals surface area contributed by atoms with Crippen LogP contribution < -0.4 is 27.4 Å². The summed E-state index contributed by atoms with van der Waals surface area (Å²) < 4.78 is 0. The van der Waals surface area contributed by atoms with Gasteiger partial charge in [0.05, 0.1) is 6.04 Å². The Morgan fingerprint density at radius 1 is 1.00 bits per heavy atom. The lowest BCUT2D eigenvalue weighted by Gasteiger charge is -2.22. The molecule has 30 heavy (non-hydrogen) atoms. The number of nitrogens with one attached hydrogen (secondary N) is 3. The van der Waals surface area contributed by atoms with Crippen LogP contribution in [0.5, 0.6) is 0 Å². The molecule has 1 aromatic rings. The molecule has 0 bridgehead atoms. The van der Waals surface area contributed by atoms with Crippen molar-refractivity contribution in [2.24, 2.45) is 11.5 Å². The summed E-state index contributed by atoms with van der Waals surface area (Å²) in [6.45, 7) is 0.809. The van der Waals surface area contributed by atoms with E-state index >= 15 is 0 Å². The Bertz CT molecular complexity index is 770. The molecule has 4 amide bonds. The molecule has 3 atom stereocenters. The second kappa shape index (κ2) is 12.2. The molecule has 164 valence electrons. The van der Waals surface area contributed by atoms with Crippen LogP contribution in [0.4, 0.5) is 0 Å². The lowest BCUT2D eigenvalue weighted by atomic mass is 10.0. The molecular weight excluding hydrogens is 394 g/mol. The monoisotopic (exact) mass is 421 g/mol. The molecule has 0 aliphatic rings. The zero-order chi connectivity index (χ0) is 22.7. The molecule has 0 heterocycles. The minimum absolute atomic E-state index is 0.0315. The number of hydrogen-bond acceptors (Lipinski definition) is 6. The lowest BCUT2D eigenvalue weighted by Crippen LogP contribution is -2.55. The van der Waals surface area contributed by atoms with Crippen LogP contribution in [-0.4, -0.2) is 59.4 Å². The largest absolute Gasteiger partial charge is 0.480 e. The highest BCUT2D eigenvalue weighted by Gasteiger charge is 2.26. The van der Waals surface area contributed by atoms with Crippen molar-refractivity contribution < 1.29 is 29.1 Å². The molecule has 11 heteroatoms. The summed E-state index contributed by atoms with van der Waals surface area (Å²) in [5.74, 6) is -3.80. The second-order valence-electron chi connectivity index (χ2n) is 6.70. The first kappa shape index (κ1) is 24.6. The average molecular weight is 421 g/mol. The van der Waals surface area contributed by atoms with E-state index < -0.39 is 54.3 Å². The van der Waals surface area contributed by atoms with E-state index in [9.17, 15) is 24.0 Å². The fraction of sp³-hybridized carbons (Fsp3) is 0.421. The Kier molecular flexibility index (Phi) is 9.97. The highest BCUT2D eigenvalue weighted by atomic mass is 16.4. The first-order valence-electron chi connectivity index (χ1n) is 9.28. The molecule has 0 aliphatic heterocycles. The number of rotatable bonds is 12. The minimum Gasteiger partial charge on any atom is -0.480 e. The summed E-state index contributed by atoms with van der Waals surface area (Å²) >= 11 is 0. The van der Waals surface area contributed by atoms with E-state index in [0.717, 1.165) is 5.56 Å². The quantitative estimate of drug-likeness (QED) is 0.225. The number of aliphatic carboxylic acids is 1. The van der Waals surface area contributed by atoms with Crippen LogP contribution in [0.1, 0.15) is 25.3 Å². The van der Waals surface area contributed by atoms with Crippen molar-refractivity contribution >= 4 is 29.6 Å². The van der Waals surface area contributed by atoms with Gasteiger partial charge in [-0.1, -0.05) is 30.3 Å². The second-order valence-corrected chi connectivity index (χ2v) is 6.70. The molecule has 0 fully saturated rings. The Balaban J connectivity index is 2.74. The van der Waals surface area contributed by atoms with Crippen molar-refractivity contribution in [1.29, 1.82) is 0 Å². The maximum atomic E-state index is 12.5. The molecule has 0 radical (unpaired) electrons. The van der Waals surface area contributed by atoms with Gasteiger partial charge >= 0.3 is 5.97 Å². The van der Waals surface area contributed by atoms with Gasteiger partial charge in [0.15, 0.2) is 0 Å². The van der Waals surface area contributed by atoms with Gasteiger partial charge in [0, 0.05) is 12.8 Å². The van der Waals surface area contributed by atoms with Gasteiger partial charge in [0.2, 0.25) is 23.6 Å². The third kappa shape index (κ3) is 9.15. The van der Waals surface area contributed by atoms with E-state index in [0.29, 0.717) is 0 Å². The number of carboxylic acid groups (broad SMARTS) is 1. The third-order valence-electron chi connectivity index (χ3n) is 4.12. The van der Waals surface area contributed by atoms with Gasteiger partial charge in [-0.25, -0.2) is 0 Å². The van der Waals surface area contributed by atoms with E-state index in [-0.39, 0.29) is 19.3 Å². The van der Waals surface area contributed by atoms with Gasteiger partial charge in [0.1, 0.15) is 18.6 Å². The Hall–Kier alpha value is -3.47. The fourth-order valence-corrected chi connectivity index (χ4v) is 2.46. The Morgan fingerprint density at radius 3 is 2.20 bits per heavy atom. The van der Waals surface area contributed by atoms with Crippen LogP contribution in [-0.2, 0) is 30.4 Å². The van der Waals surface area contributed by atoms with Crippen molar-refractivity contribution in [2.75, 3.05) is 6.54 Å². The van der Waals surface area contributed by atoms with E-state index in [4.69, 9.17) is 16.6 Å². The zero-order valence-corrected chi connectivity index (χ0v) is 16.6. The summed E-state index contributed by atoms with van der Waals surface area (Å²) in [5, 5.41) is 15.9. The van der Waals surface area contributed by atoms with E-state index in [1.807, 2.05) is 0 Å². The van der Waals surface area contributed by atoms with Crippen molar-refractivity contribution in [3.8, 4) is 0 Å². The van der Waals surface area contributed by atoms with Gasteiger partial charge in [-0.2, -0.15) is 0 Å². The topological polar surface area (TPSA) is 194 Å². The summed E-state index contributed by atoms with van der Waals surface area (Å²) in [5.41, 5.74) is 11.4. The van der Waals surface area contributed by atoms with Crippen LogP contribution in [0, 0.1) is 0 Å². The van der Waals surface area contributed by atoms with Crippen molar-refractivity contribution in [3.05, 3.63) is 35.9 Å². The molecule has 1 rings (SSSR count). The summed E-state index contributed by atoms with van der Waals surface area (Å²) in [6.07, 6.45) is 0.0820. The molecule has 1 aromatic carbocycles. The number of primary amides is 1. The van der Waals surface area contributed by atoms with Gasteiger partial charge < -0.3 is 32.5 Å². The van der Waals surface area contributed by atoms with Crippen LogP contribution in [0.3, 0.4) is 0 Å². The fourth-order valence-electron chi connectivity index (χ4n) is 2.46. The predicted octanol–water partition coefficient (Wildman–Crippen LogP) is -1.99. The van der Waals surface area contributed by atoms with Gasteiger partial charge in [0.25, 0.3) is 0 Å². The first-order valence-corrected chi connectivity index (χ1v) is 9.28. The number of nitrogens with two attached hydrogens (primary N) is 2. The summed E-state index contributed by atoms with van der Waals surface area (Å²) in [4.78, 5) is 58.4. The molecule has 0 saturated carbocycles. The minimum atomic E-state index is -1.22. The van der Waals surface area contributed by atoms with Crippen molar-refractivity contribution in [1.82, 2.24) is 16.0 Å². The van der Waals surface area contributed by atoms with E-state index in [2.05, 4.69) is 16.0 Å². The standard InChI is InChI=1S/C19H27N5O6/c1-11(23-18(29)13(20)7-8-15(21)25)17(28)24-14(19(30)22-10-16(26)27)9-12-5-3-2-4-6-12/h2-6,11,13-14H,7-10,20H2,1H3,(H2,21,25)(H,22,30)(H,23,29)(H,24,28)(H,26,27). The molecule has 3 unspecified atom stereocenters. The van der Waals surface area contributed by atoms with Gasteiger partial charge in [-0.3, -0.25) is 24.0 Å². The molecule has 0 aliphatic carbocycles. The van der Waals surface area contributed by atoms with Crippen molar-refractivity contribution in [3.63, 3.8) is 0 Å². The number of carbonyl (C=O) groups excluding carboxylic acids is 4. The third-order valence-corrected chi connectivity index (χ3v) is 4.12. The van der Waals surface area contributed by atoms with Crippen LogP contribution in [0.15, 0.2) is 30.3 Å². The van der Waals surface area contributed by atoms with Crippen LogP contribution in [0.25, 0.3) is 0 Å². The molecular formula is C19H27N5O6. The normalized spacial score (nSPS) is 13.4. The highest BCUT2D eigenvalue weighted by molar-refractivity contribution is 5.93. The SMILES string of the molecule is CC(NC(=O)C(N)CCC(N)=O)C(=O)NC(Cc1ccccc1)C(=O)NCC(=O)O. The summed E-state index contributed by atoms with van der Waals surface area (Å²) in [6, 6.07) is 5.73. The molecule has 0 aromatic heterocycles. The predicted molar refractivity (Wildman–Crippen MR) is 107 cm³/mol. The number of hydrogen-bond donors (Lipinski definition) is 6.